The zero-order chi connectivity index (χ0) is 15.5. The molecule has 21 heavy (non-hydrogen) atoms. The van der Waals surface area contributed by atoms with E-state index in [1.807, 2.05) is 18.8 Å². The van der Waals surface area contributed by atoms with Crippen LogP contribution in [-0.2, 0) is 11.3 Å². The molecule has 120 valence electrons. The number of ether oxygens (including phenoxy) is 1. The summed E-state index contributed by atoms with van der Waals surface area (Å²) in [6.45, 7) is 1.64. The van der Waals surface area contributed by atoms with Crippen LogP contribution in [0.15, 0.2) is 10.7 Å². The van der Waals surface area contributed by atoms with Crippen molar-refractivity contribution in [3.05, 3.63) is 16.4 Å². The van der Waals surface area contributed by atoms with Gasteiger partial charge >= 0.3 is 0 Å². The Morgan fingerprint density at radius 1 is 1.43 bits per heavy atom. The fourth-order valence-electron chi connectivity index (χ4n) is 3.11. The van der Waals surface area contributed by atoms with E-state index in [4.69, 9.17) is 4.74 Å². The van der Waals surface area contributed by atoms with Gasteiger partial charge in [-0.25, -0.2) is 0 Å². The normalized spacial score (nSPS) is 19.9. The quantitative estimate of drug-likeness (QED) is 0.847. The minimum atomic E-state index is -0.651. The van der Waals surface area contributed by atoms with E-state index < -0.39 is 11.7 Å². The number of nitrogens with zero attached hydrogens (tertiary/aromatic N) is 3. The largest absolute Gasteiger partial charge is 0.384 e. The lowest BCUT2D eigenvalue weighted by molar-refractivity contribution is -0.128. The topological polar surface area (TPSA) is 50.5 Å². The van der Waals surface area contributed by atoms with Crippen LogP contribution >= 0.6 is 15.9 Å². The van der Waals surface area contributed by atoms with Crippen molar-refractivity contribution in [2.45, 2.75) is 50.4 Å². The van der Waals surface area contributed by atoms with E-state index in [1.54, 1.807) is 13.3 Å². The summed E-state index contributed by atoms with van der Waals surface area (Å²) in [6.07, 6.45) is 6.34. The maximum Gasteiger partial charge on any atom is 0.126 e. The third-order valence-electron chi connectivity index (χ3n) is 4.46. The number of rotatable bonds is 6. The number of hydrogen-bond donors (Lipinski definition) is 1. The molecule has 0 saturated heterocycles. The van der Waals surface area contributed by atoms with Gasteiger partial charge in [-0.2, -0.15) is 5.10 Å². The van der Waals surface area contributed by atoms with Crippen LogP contribution in [-0.4, -0.2) is 53.1 Å². The third kappa shape index (κ3) is 3.67. The lowest BCUT2D eigenvalue weighted by Crippen LogP contribution is -2.41. The number of aliphatic hydroxyl groups excluding tert-OH is 1. The van der Waals surface area contributed by atoms with Gasteiger partial charge in [0, 0.05) is 13.7 Å². The van der Waals surface area contributed by atoms with Crippen molar-refractivity contribution in [1.82, 2.24) is 14.7 Å². The van der Waals surface area contributed by atoms with Crippen LogP contribution in [0.1, 0.15) is 43.9 Å². The molecule has 1 heterocycles. The van der Waals surface area contributed by atoms with Crippen LogP contribution in [0.2, 0.25) is 0 Å². The Morgan fingerprint density at radius 2 is 2.10 bits per heavy atom. The smallest absolute Gasteiger partial charge is 0.126 e. The highest BCUT2D eigenvalue weighted by molar-refractivity contribution is 9.10. The van der Waals surface area contributed by atoms with Gasteiger partial charge in [0.05, 0.1) is 28.5 Å². The van der Waals surface area contributed by atoms with Gasteiger partial charge in [-0.1, -0.05) is 19.3 Å². The Morgan fingerprint density at radius 3 is 2.67 bits per heavy atom. The molecular formula is C15H26BrN3O2. The molecule has 0 aliphatic heterocycles. The lowest BCUT2D eigenvalue weighted by Gasteiger charge is -2.40. The van der Waals surface area contributed by atoms with Crippen molar-refractivity contribution in [2.75, 3.05) is 27.7 Å². The Labute approximate surface area is 135 Å². The molecule has 1 aromatic heterocycles. The average Bonchev–Trinajstić information content (AvgIpc) is 2.86. The van der Waals surface area contributed by atoms with Crippen LogP contribution in [0.5, 0.6) is 0 Å². The third-order valence-corrected chi connectivity index (χ3v) is 5.07. The average molecular weight is 360 g/mol. The molecule has 0 radical (unpaired) electrons. The Balaban J connectivity index is 2.24. The number of methoxy groups -OCH3 is 1. The van der Waals surface area contributed by atoms with Gasteiger partial charge in [0.25, 0.3) is 0 Å². The zero-order valence-electron chi connectivity index (χ0n) is 13.2. The molecule has 6 heteroatoms. The molecule has 1 N–H and O–H groups in total. The van der Waals surface area contributed by atoms with Crippen LogP contribution < -0.4 is 0 Å². The predicted octanol–water partition coefficient (Wildman–Crippen LogP) is 2.59. The van der Waals surface area contributed by atoms with Crippen molar-refractivity contribution in [3.8, 4) is 0 Å². The molecule has 5 nitrogen and oxygen atoms in total. The first-order valence-electron chi connectivity index (χ1n) is 7.59. The first-order valence-corrected chi connectivity index (χ1v) is 8.38. The summed E-state index contributed by atoms with van der Waals surface area (Å²) < 4.78 is 8.53. The highest BCUT2D eigenvalue weighted by Gasteiger charge is 2.42. The summed E-state index contributed by atoms with van der Waals surface area (Å²) in [5, 5.41) is 15.4. The SMILES string of the molecule is COC1(C(O)c2c(Br)cnn2CCN(C)C)CCCCC1. The maximum atomic E-state index is 11.0. The van der Waals surface area contributed by atoms with Crippen LogP contribution in [0.25, 0.3) is 0 Å². The van der Waals surface area contributed by atoms with Crippen molar-refractivity contribution >= 4 is 15.9 Å². The molecule has 1 aliphatic carbocycles. The molecule has 2 rings (SSSR count). The molecule has 0 spiro atoms. The number of aliphatic hydroxyl groups is 1. The Kier molecular flexibility index (Phi) is 5.82. The summed E-state index contributed by atoms with van der Waals surface area (Å²) >= 11 is 3.53. The minimum absolute atomic E-state index is 0.476. The second kappa shape index (κ2) is 7.22. The van der Waals surface area contributed by atoms with Crippen molar-refractivity contribution < 1.29 is 9.84 Å². The number of aromatic nitrogens is 2. The number of hydrogen-bond acceptors (Lipinski definition) is 4. The van der Waals surface area contributed by atoms with Gasteiger partial charge in [0.15, 0.2) is 0 Å². The standard InChI is InChI=1S/C15H26BrN3O2/c1-18(2)9-10-19-13(12(16)11-17-19)14(20)15(21-3)7-5-4-6-8-15/h11,14,20H,4-10H2,1-3H3. The van der Waals surface area contributed by atoms with Gasteiger partial charge < -0.3 is 14.7 Å². The van der Waals surface area contributed by atoms with Crippen molar-refractivity contribution in [2.24, 2.45) is 0 Å². The van der Waals surface area contributed by atoms with Gasteiger partial charge in [-0.05, 0) is 42.9 Å². The van der Waals surface area contributed by atoms with Crippen LogP contribution in [0.3, 0.4) is 0 Å². The highest BCUT2D eigenvalue weighted by atomic mass is 79.9. The van der Waals surface area contributed by atoms with E-state index in [-0.39, 0.29) is 0 Å². The number of halogens is 1. The summed E-state index contributed by atoms with van der Waals surface area (Å²) in [5.74, 6) is 0. The monoisotopic (exact) mass is 359 g/mol. The summed E-state index contributed by atoms with van der Waals surface area (Å²) in [6, 6.07) is 0. The van der Waals surface area contributed by atoms with Gasteiger partial charge in [0.1, 0.15) is 6.10 Å². The molecule has 0 bridgehead atoms. The molecule has 1 saturated carbocycles. The molecule has 1 atom stereocenters. The molecule has 1 aromatic rings. The van der Waals surface area contributed by atoms with E-state index in [2.05, 4.69) is 25.9 Å². The molecule has 1 aliphatic rings. The zero-order valence-corrected chi connectivity index (χ0v) is 14.8. The highest BCUT2D eigenvalue weighted by Crippen LogP contribution is 2.42. The van der Waals surface area contributed by atoms with Crippen molar-refractivity contribution in [3.63, 3.8) is 0 Å². The molecule has 1 fully saturated rings. The maximum absolute atomic E-state index is 11.0. The summed E-state index contributed by atoms with van der Waals surface area (Å²) in [7, 11) is 5.78. The Bertz CT molecular complexity index is 456. The van der Waals surface area contributed by atoms with Gasteiger partial charge in [-0.3, -0.25) is 4.68 Å². The van der Waals surface area contributed by atoms with Crippen LogP contribution in [0.4, 0.5) is 0 Å². The molecular weight excluding hydrogens is 334 g/mol. The fourth-order valence-corrected chi connectivity index (χ4v) is 3.62. The van der Waals surface area contributed by atoms with Crippen LogP contribution in [0, 0.1) is 0 Å². The van der Waals surface area contributed by atoms with E-state index in [0.717, 1.165) is 48.9 Å². The second-order valence-corrected chi connectivity index (χ2v) is 6.99. The summed E-state index contributed by atoms with van der Waals surface area (Å²) in [5.41, 5.74) is 0.358. The summed E-state index contributed by atoms with van der Waals surface area (Å²) in [4.78, 5) is 2.11. The fraction of sp³-hybridized carbons (Fsp3) is 0.800. The Hall–Kier alpha value is -0.430. The van der Waals surface area contributed by atoms with Crippen molar-refractivity contribution in [1.29, 1.82) is 0 Å². The van der Waals surface area contributed by atoms with Gasteiger partial charge in [0.2, 0.25) is 0 Å². The first kappa shape index (κ1) is 16.9. The van der Waals surface area contributed by atoms with E-state index in [9.17, 15) is 5.11 Å². The molecule has 0 aromatic carbocycles. The van der Waals surface area contributed by atoms with E-state index in [0.29, 0.717) is 0 Å². The van der Waals surface area contributed by atoms with E-state index in [1.165, 1.54) is 6.42 Å². The predicted molar refractivity (Wildman–Crippen MR) is 86.3 cm³/mol. The molecule has 0 amide bonds. The second-order valence-electron chi connectivity index (χ2n) is 6.14. The lowest BCUT2D eigenvalue weighted by atomic mass is 9.79. The minimum Gasteiger partial charge on any atom is -0.384 e. The van der Waals surface area contributed by atoms with E-state index >= 15 is 0 Å². The number of likely N-dealkylation sites (N-methyl/N-ethyl adjacent to an activating group) is 1. The van der Waals surface area contributed by atoms with Gasteiger partial charge in [-0.15, -0.1) is 0 Å². The first-order chi connectivity index (χ1) is 10.00. The molecule has 1 unspecified atom stereocenters.